The van der Waals surface area contributed by atoms with Crippen LogP contribution < -0.4 is 5.73 Å². The van der Waals surface area contributed by atoms with Gasteiger partial charge in [0.15, 0.2) is 0 Å². The van der Waals surface area contributed by atoms with E-state index in [1.165, 1.54) is 5.56 Å². The second kappa shape index (κ2) is 5.07. The Hall–Kier alpha value is -1.06. The quantitative estimate of drug-likeness (QED) is 0.932. The Balaban J connectivity index is 2.20. The Labute approximate surface area is 110 Å². The standard InChI is InChI=1S/C14H16BrNO/c1-9-7-12(10(2)17-9)14(16)8-11-5-3-4-6-13(11)15/h3-7,14H,8,16H2,1-2H3. The summed E-state index contributed by atoms with van der Waals surface area (Å²) in [6.07, 6.45) is 0.807. The Morgan fingerprint density at radius 2 is 2.00 bits per heavy atom. The van der Waals surface area contributed by atoms with Gasteiger partial charge in [0, 0.05) is 16.1 Å². The van der Waals surface area contributed by atoms with E-state index in [0.717, 1.165) is 28.0 Å². The highest BCUT2D eigenvalue weighted by molar-refractivity contribution is 9.10. The molecule has 0 aliphatic carbocycles. The highest BCUT2D eigenvalue weighted by Crippen LogP contribution is 2.25. The molecular formula is C14H16BrNO. The summed E-state index contributed by atoms with van der Waals surface area (Å²) in [7, 11) is 0. The van der Waals surface area contributed by atoms with E-state index in [0.29, 0.717) is 0 Å². The Morgan fingerprint density at radius 3 is 2.59 bits per heavy atom. The topological polar surface area (TPSA) is 39.2 Å². The molecule has 0 saturated carbocycles. The van der Waals surface area contributed by atoms with E-state index in [2.05, 4.69) is 22.0 Å². The zero-order valence-electron chi connectivity index (χ0n) is 10.0. The van der Waals surface area contributed by atoms with E-state index < -0.39 is 0 Å². The number of rotatable bonds is 3. The second-order valence-corrected chi connectivity index (χ2v) is 5.12. The third-order valence-corrected chi connectivity index (χ3v) is 3.65. The van der Waals surface area contributed by atoms with E-state index in [4.69, 9.17) is 10.2 Å². The zero-order valence-corrected chi connectivity index (χ0v) is 11.6. The summed E-state index contributed by atoms with van der Waals surface area (Å²) in [5, 5.41) is 0. The van der Waals surface area contributed by atoms with Crippen molar-refractivity contribution < 1.29 is 4.42 Å². The maximum atomic E-state index is 6.23. The van der Waals surface area contributed by atoms with Crippen molar-refractivity contribution in [3.63, 3.8) is 0 Å². The first-order valence-electron chi connectivity index (χ1n) is 5.64. The van der Waals surface area contributed by atoms with Gasteiger partial charge in [-0.05, 0) is 38.0 Å². The van der Waals surface area contributed by atoms with Gasteiger partial charge in [0.1, 0.15) is 11.5 Å². The number of nitrogens with two attached hydrogens (primary N) is 1. The molecule has 2 rings (SSSR count). The summed E-state index contributed by atoms with van der Waals surface area (Å²) in [5.74, 6) is 1.84. The van der Waals surface area contributed by atoms with Crippen LogP contribution in [0, 0.1) is 13.8 Å². The fourth-order valence-electron chi connectivity index (χ4n) is 2.03. The van der Waals surface area contributed by atoms with Crippen molar-refractivity contribution in [3.8, 4) is 0 Å². The van der Waals surface area contributed by atoms with Gasteiger partial charge in [0.25, 0.3) is 0 Å². The number of hydrogen-bond acceptors (Lipinski definition) is 2. The van der Waals surface area contributed by atoms with Gasteiger partial charge in [-0.15, -0.1) is 0 Å². The minimum atomic E-state index is -0.0221. The monoisotopic (exact) mass is 293 g/mol. The fraction of sp³-hybridized carbons (Fsp3) is 0.286. The molecule has 0 aliphatic rings. The van der Waals surface area contributed by atoms with Crippen molar-refractivity contribution in [2.75, 3.05) is 0 Å². The van der Waals surface area contributed by atoms with Crippen LogP contribution in [-0.2, 0) is 6.42 Å². The molecule has 0 spiro atoms. The highest BCUT2D eigenvalue weighted by Gasteiger charge is 2.14. The van der Waals surface area contributed by atoms with Crippen LogP contribution in [0.3, 0.4) is 0 Å². The molecule has 17 heavy (non-hydrogen) atoms. The van der Waals surface area contributed by atoms with Crippen LogP contribution in [0.25, 0.3) is 0 Å². The van der Waals surface area contributed by atoms with Crippen LogP contribution in [0.2, 0.25) is 0 Å². The molecule has 0 radical (unpaired) electrons. The van der Waals surface area contributed by atoms with Gasteiger partial charge >= 0.3 is 0 Å². The van der Waals surface area contributed by atoms with Crippen molar-refractivity contribution in [2.24, 2.45) is 5.73 Å². The van der Waals surface area contributed by atoms with E-state index in [9.17, 15) is 0 Å². The van der Waals surface area contributed by atoms with E-state index >= 15 is 0 Å². The lowest BCUT2D eigenvalue weighted by Crippen LogP contribution is -2.13. The van der Waals surface area contributed by atoms with Gasteiger partial charge in [0.05, 0.1) is 0 Å². The lowest BCUT2D eigenvalue weighted by molar-refractivity contribution is 0.497. The largest absolute Gasteiger partial charge is 0.466 e. The van der Waals surface area contributed by atoms with E-state index in [1.54, 1.807) is 0 Å². The van der Waals surface area contributed by atoms with Crippen molar-refractivity contribution in [2.45, 2.75) is 26.3 Å². The van der Waals surface area contributed by atoms with Gasteiger partial charge in [-0.2, -0.15) is 0 Å². The average Bonchev–Trinajstić information content (AvgIpc) is 2.61. The maximum Gasteiger partial charge on any atom is 0.105 e. The molecule has 1 heterocycles. The fourth-order valence-corrected chi connectivity index (χ4v) is 2.48. The molecule has 1 aromatic heterocycles. The molecule has 90 valence electrons. The lowest BCUT2D eigenvalue weighted by Gasteiger charge is -2.12. The smallest absolute Gasteiger partial charge is 0.105 e. The van der Waals surface area contributed by atoms with Crippen LogP contribution in [0.15, 0.2) is 39.2 Å². The normalized spacial score (nSPS) is 12.7. The summed E-state index contributed by atoms with van der Waals surface area (Å²) in [6.45, 7) is 3.91. The highest BCUT2D eigenvalue weighted by atomic mass is 79.9. The third kappa shape index (κ3) is 2.79. The molecular weight excluding hydrogens is 278 g/mol. The summed E-state index contributed by atoms with van der Waals surface area (Å²) >= 11 is 3.54. The van der Waals surface area contributed by atoms with E-state index in [-0.39, 0.29) is 6.04 Å². The molecule has 0 fully saturated rings. The molecule has 0 saturated heterocycles. The lowest BCUT2D eigenvalue weighted by atomic mass is 10.00. The number of furan rings is 1. The average molecular weight is 294 g/mol. The van der Waals surface area contributed by atoms with Gasteiger partial charge in [-0.25, -0.2) is 0 Å². The van der Waals surface area contributed by atoms with Gasteiger partial charge in [0.2, 0.25) is 0 Å². The summed E-state index contributed by atoms with van der Waals surface area (Å²) in [6, 6.07) is 10.2. The van der Waals surface area contributed by atoms with Crippen LogP contribution in [0.1, 0.15) is 28.7 Å². The molecule has 1 atom stereocenters. The van der Waals surface area contributed by atoms with E-state index in [1.807, 2.05) is 38.1 Å². The number of benzene rings is 1. The molecule has 0 bridgehead atoms. The molecule has 1 unspecified atom stereocenters. The summed E-state index contributed by atoms with van der Waals surface area (Å²) < 4.78 is 6.62. The Kier molecular flexibility index (Phi) is 3.69. The molecule has 2 N–H and O–H groups in total. The first-order chi connectivity index (χ1) is 8.08. The van der Waals surface area contributed by atoms with Crippen LogP contribution in [0.5, 0.6) is 0 Å². The zero-order chi connectivity index (χ0) is 12.4. The van der Waals surface area contributed by atoms with Gasteiger partial charge in [-0.1, -0.05) is 34.1 Å². The molecule has 0 aliphatic heterocycles. The van der Waals surface area contributed by atoms with Crippen molar-refractivity contribution >= 4 is 15.9 Å². The third-order valence-electron chi connectivity index (χ3n) is 2.88. The van der Waals surface area contributed by atoms with Gasteiger partial charge in [-0.3, -0.25) is 0 Å². The minimum absolute atomic E-state index is 0.0221. The molecule has 2 aromatic rings. The number of aryl methyl sites for hydroxylation is 2. The molecule has 3 heteroatoms. The van der Waals surface area contributed by atoms with Crippen LogP contribution in [0.4, 0.5) is 0 Å². The Morgan fingerprint density at radius 1 is 1.29 bits per heavy atom. The number of hydrogen-bond donors (Lipinski definition) is 1. The minimum Gasteiger partial charge on any atom is -0.466 e. The van der Waals surface area contributed by atoms with Crippen molar-refractivity contribution in [3.05, 3.63) is 57.5 Å². The summed E-state index contributed by atoms with van der Waals surface area (Å²) in [4.78, 5) is 0. The van der Waals surface area contributed by atoms with Crippen molar-refractivity contribution in [1.29, 1.82) is 0 Å². The van der Waals surface area contributed by atoms with Gasteiger partial charge < -0.3 is 10.2 Å². The van der Waals surface area contributed by atoms with Crippen LogP contribution >= 0.6 is 15.9 Å². The Bertz CT molecular complexity index is 519. The molecule has 1 aromatic carbocycles. The predicted octanol–water partition coefficient (Wildman–Crippen LogP) is 3.90. The molecule has 0 amide bonds. The number of halogens is 1. The first kappa shape index (κ1) is 12.4. The van der Waals surface area contributed by atoms with Crippen molar-refractivity contribution in [1.82, 2.24) is 0 Å². The van der Waals surface area contributed by atoms with Crippen LogP contribution in [-0.4, -0.2) is 0 Å². The summed E-state index contributed by atoms with van der Waals surface area (Å²) in [5.41, 5.74) is 8.55. The maximum absolute atomic E-state index is 6.23. The predicted molar refractivity (Wildman–Crippen MR) is 73.0 cm³/mol. The second-order valence-electron chi connectivity index (χ2n) is 4.27. The first-order valence-corrected chi connectivity index (χ1v) is 6.43. The molecule has 2 nitrogen and oxygen atoms in total. The SMILES string of the molecule is Cc1cc(C(N)Cc2ccccc2Br)c(C)o1.